The van der Waals surface area contributed by atoms with Crippen LogP contribution in [0.25, 0.3) is 0 Å². The van der Waals surface area contributed by atoms with E-state index in [1.165, 1.54) is 24.3 Å². The fourth-order valence-electron chi connectivity index (χ4n) is 4.77. The highest BCUT2D eigenvalue weighted by Gasteiger charge is 2.59. The number of hydrogen-bond donors (Lipinski definition) is 0. The van der Waals surface area contributed by atoms with Crippen molar-refractivity contribution in [3.63, 3.8) is 0 Å². The third kappa shape index (κ3) is 3.66. The van der Waals surface area contributed by atoms with Gasteiger partial charge in [-0.1, -0.05) is 35.4 Å². The summed E-state index contributed by atoms with van der Waals surface area (Å²) in [6.45, 7) is 0. The Morgan fingerprint density at radius 3 is 2.38 bits per heavy atom. The molecule has 3 aliphatic rings. The average molecular weight is 500 g/mol. The number of imide groups is 1. The summed E-state index contributed by atoms with van der Waals surface area (Å²) in [6, 6.07) is 7.74. The first kappa shape index (κ1) is 22.2. The molecule has 1 saturated carbocycles. The largest absolute Gasteiger partial charge is 0.422 e. The fourth-order valence-corrected chi connectivity index (χ4v) is 5.26. The maximum Gasteiger partial charge on any atom is 0.345 e. The quantitative estimate of drug-likeness (QED) is 0.115. The molecule has 34 heavy (non-hydrogen) atoms. The zero-order chi connectivity index (χ0) is 24.1. The molecule has 0 aromatic heterocycles. The summed E-state index contributed by atoms with van der Waals surface area (Å²) >= 11 is 11.9. The zero-order valence-electron chi connectivity index (χ0n) is 17.3. The maximum absolute atomic E-state index is 12.8. The van der Waals surface area contributed by atoms with Gasteiger partial charge in [0.05, 0.1) is 33.6 Å². The van der Waals surface area contributed by atoms with Crippen LogP contribution in [-0.2, 0) is 9.59 Å². The second-order valence-corrected chi connectivity index (χ2v) is 9.07. The minimum Gasteiger partial charge on any atom is -0.422 e. The van der Waals surface area contributed by atoms with Crippen LogP contribution in [0.1, 0.15) is 22.3 Å². The number of esters is 1. The molecule has 2 aromatic rings. The van der Waals surface area contributed by atoms with Gasteiger partial charge in [0.15, 0.2) is 0 Å². The van der Waals surface area contributed by atoms with Crippen molar-refractivity contribution < 1.29 is 24.0 Å². The molecule has 0 spiro atoms. The third-order valence-electron chi connectivity index (χ3n) is 6.32. The molecule has 2 fully saturated rings. The van der Waals surface area contributed by atoms with Crippen LogP contribution in [-0.4, -0.2) is 33.9 Å². The predicted octanol–water partition coefficient (Wildman–Crippen LogP) is 4.26. The van der Waals surface area contributed by atoms with E-state index in [0.29, 0.717) is 5.02 Å². The van der Waals surface area contributed by atoms with E-state index >= 15 is 0 Å². The molecule has 0 unspecified atom stereocenters. The van der Waals surface area contributed by atoms with Gasteiger partial charge in [0.2, 0.25) is 0 Å². The Morgan fingerprint density at radius 2 is 1.76 bits per heavy atom. The lowest BCUT2D eigenvalue weighted by molar-refractivity contribution is -0.384. The number of fused-ring (bicyclic) bond motifs is 5. The van der Waals surface area contributed by atoms with Gasteiger partial charge >= 0.3 is 5.97 Å². The molecule has 4 atom stereocenters. The van der Waals surface area contributed by atoms with E-state index in [1.807, 2.05) is 12.2 Å². The molecule has 9 nitrogen and oxygen atoms in total. The van der Waals surface area contributed by atoms with Crippen molar-refractivity contribution in [3.8, 4) is 5.75 Å². The standard InChI is InChI=1S/C23H15Cl2N3O6/c24-14-3-5-16(17(25)9-14)23(31)34-18-6-4-15(28(32)33)8-13(18)10-26-27-21(29)19-11-1-2-12(7-11)20(19)22(27)30/h1-6,8-12,19-20H,7H2/t11-,12-,19-,20+/m0/s1. The lowest BCUT2D eigenvalue weighted by Crippen LogP contribution is -2.28. The first-order chi connectivity index (χ1) is 16.2. The monoisotopic (exact) mass is 499 g/mol. The van der Waals surface area contributed by atoms with Crippen LogP contribution in [0.3, 0.4) is 0 Å². The third-order valence-corrected chi connectivity index (χ3v) is 6.87. The molecule has 2 aliphatic carbocycles. The lowest BCUT2D eigenvalue weighted by Gasteiger charge is -2.13. The molecular formula is C23H15Cl2N3O6. The van der Waals surface area contributed by atoms with Crippen molar-refractivity contribution in [2.45, 2.75) is 6.42 Å². The molecule has 2 bridgehead atoms. The lowest BCUT2D eigenvalue weighted by atomic mass is 9.85. The van der Waals surface area contributed by atoms with Crippen molar-refractivity contribution in [1.82, 2.24) is 5.01 Å². The van der Waals surface area contributed by atoms with Crippen LogP contribution in [0.2, 0.25) is 10.0 Å². The number of halogens is 2. The summed E-state index contributed by atoms with van der Waals surface area (Å²) in [5, 5.41) is 16.5. The van der Waals surface area contributed by atoms with Crippen LogP contribution >= 0.6 is 23.2 Å². The van der Waals surface area contributed by atoms with Crippen molar-refractivity contribution in [3.05, 3.63) is 79.8 Å². The second kappa shape index (κ2) is 8.34. The number of non-ortho nitro benzene ring substituents is 1. The van der Waals surface area contributed by atoms with Crippen LogP contribution in [0, 0.1) is 33.8 Å². The molecule has 2 amide bonds. The highest BCUT2D eigenvalue weighted by Crippen LogP contribution is 2.52. The van der Waals surface area contributed by atoms with Gasteiger partial charge in [-0.25, -0.2) is 4.79 Å². The van der Waals surface area contributed by atoms with Crippen molar-refractivity contribution in [1.29, 1.82) is 0 Å². The SMILES string of the molecule is O=C(Oc1ccc([N+](=O)[O-])cc1C=NN1C(=O)[C@@H]2[C@H](C1=O)[C@H]1C=C[C@H]2C1)c1ccc(Cl)cc1Cl. The number of nitro groups is 1. The summed E-state index contributed by atoms with van der Waals surface area (Å²) in [5.41, 5.74) is -0.219. The van der Waals surface area contributed by atoms with Gasteiger partial charge < -0.3 is 4.74 Å². The number of hydrogen-bond acceptors (Lipinski definition) is 7. The summed E-state index contributed by atoms with van der Waals surface area (Å²) in [7, 11) is 0. The van der Waals surface area contributed by atoms with Gasteiger partial charge in [-0.2, -0.15) is 10.1 Å². The summed E-state index contributed by atoms with van der Waals surface area (Å²) < 4.78 is 5.40. The van der Waals surface area contributed by atoms with Gasteiger partial charge in [-0.3, -0.25) is 19.7 Å². The van der Waals surface area contributed by atoms with Gasteiger partial charge in [0.25, 0.3) is 17.5 Å². The van der Waals surface area contributed by atoms with Gasteiger partial charge in [-0.15, -0.1) is 0 Å². The summed E-state index contributed by atoms with van der Waals surface area (Å²) in [5.74, 6) is -2.53. The number of hydrazone groups is 1. The van der Waals surface area contributed by atoms with Gasteiger partial charge in [0, 0.05) is 22.7 Å². The number of nitro benzene ring substituents is 1. The number of rotatable bonds is 5. The van der Waals surface area contributed by atoms with Crippen LogP contribution < -0.4 is 4.74 Å². The number of carbonyl (C=O) groups is 3. The van der Waals surface area contributed by atoms with E-state index in [-0.39, 0.29) is 39.4 Å². The first-order valence-corrected chi connectivity index (χ1v) is 11.1. The van der Waals surface area contributed by atoms with E-state index in [1.54, 1.807) is 0 Å². The Labute approximate surface area is 202 Å². The Hall–Kier alpha value is -3.56. The number of ether oxygens (including phenoxy) is 1. The number of nitrogens with zero attached hydrogens (tertiary/aromatic N) is 3. The van der Waals surface area contributed by atoms with E-state index in [9.17, 15) is 24.5 Å². The number of allylic oxidation sites excluding steroid dienone is 2. The topological polar surface area (TPSA) is 119 Å². The predicted molar refractivity (Wildman–Crippen MR) is 122 cm³/mol. The Bertz CT molecular complexity index is 1290. The highest BCUT2D eigenvalue weighted by molar-refractivity contribution is 6.36. The molecule has 1 saturated heterocycles. The molecule has 2 aromatic carbocycles. The number of benzene rings is 2. The van der Waals surface area contributed by atoms with E-state index < -0.39 is 34.5 Å². The number of amides is 2. The zero-order valence-corrected chi connectivity index (χ0v) is 18.8. The molecule has 0 radical (unpaired) electrons. The molecular weight excluding hydrogens is 485 g/mol. The van der Waals surface area contributed by atoms with Gasteiger partial charge in [-0.05, 0) is 42.5 Å². The summed E-state index contributed by atoms with van der Waals surface area (Å²) in [4.78, 5) is 48.9. The smallest absolute Gasteiger partial charge is 0.345 e. The van der Waals surface area contributed by atoms with E-state index in [0.717, 1.165) is 29.8 Å². The first-order valence-electron chi connectivity index (χ1n) is 10.3. The molecule has 5 rings (SSSR count). The van der Waals surface area contributed by atoms with Crippen LogP contribution in [0.15, 0.2) is 53.7 Å². The normalized spacial score (nSPS) is 24.8. The highest BCUT2D eigenvalue weighted by atomic mass is 35.5. The Morgan fingerprint density at radius 1 is 1.09 bits per heavy atom. The maximum atomic E-state index is 12.8. The van der Waals surface area contributed by atoms with E-state index in [4.69, 9.17) is 27.9 Å². The van der Waals surface area contributed by atoms with E-state index in [2.05, 4.69) is 5.10 Å². The Kier molecular flexibility index (Phi) is 5.45. The minimum absolute atomic E-state index is 0.0186. The molecule has 1 heterocycles. The second-order valence-electron chi connectivity index (χ2n) is 8.23. The average Bonchev–Trinajstić information content (AvgIpc) is 3.47. The van der Waals surface area contributed by atoms with Gasteiger partial charge in [0.1, 0.15) is 5.75 Å². The van der Waals surface area contributed by atoms with Crippen molar-refractivity contribution >= 4 is 52.9 Å². The molecule has 11 heteroatoms. The molecule has 1 aliphatic heterocycles. The number of carbonyl (C=O) groups excluding carboxylic acids is 3. The Balaban J connectivity index is 1.44. The molecule has 0 N–H and O–H groups in total. The molecule has 172 valence electrons. The van der Waals surface area contributed by atoms with Crippen LogP contribution in [0.4, 0.5) is 5.69 Å². The fraction of sp³-hybridized carbons (Fsp3) is 0.217. The van der Waals surface area contributed by atoms with Crippen molar-refractivity contribution in [2.24, 2.45) is 28.8 Å². The summed E-state index contributed by atoms with van der Waals surface area (Å²) in [6.07, 6.45) is 5.81. The minimum atomic E-state index is -0.823. The van der Waals surface area contributed by atoms with Crippen molar-refractivity contribution in [2.75, 3.05) is 0 Å². The van der Waals surface area contributed by atoms with Crippen LogP contribution in [0.5, 0.6) is 5.75 Å².